The van der Waals surface area contributed by atoms with Gasteiger partial charge in [0.05, 0.1) is 17.2 Å². The lowest BCUT2D eigenvalue weighted by Gasteiger charge is -2.40. The van der Waals surface area contributed by atoms with Gasteiger partial charge >= 0.3 is 11.9 Å². The quantitative estimate of drug-likeness (QED) is 0.525. The Morgan fingerprint density at radius 2 is 1.15 bits per heavy atom. The summed E-state index contributed by atoms with van der Waals surface area (Å²) in [5, 5.41) is 0. The van der Waals surface area contributed by atoms with Crippen molar-refractivity contribution in [2.24, 2.45) is 0 Å². The molecule has 2 fully saturated rings. The number of hydrogen-bond donors (Lipinski definition) is 0. The molecule has 174 valence electrons. The molecule has 0 aliphatic carbocycles. The highest BCUT2D eigenvalue weighted by Gasteiger charge is 2.55. The van der Waals surface area contributed by atoms with E-state index in [0.717, 1.165) is 5.56 Å². The van der Waals surface area contributed by atoms with Gasteiger partial charge in [0.2, 0.25) is 0 Å². The Hall–Kier alpha value is -3.52. The van der Waals surface area contributed by atoms with Gasteiger partial charge in [0.1, 0.15) is 0 Å². The maximum Gasteiger partial charge on any atom is 0.338 e. The third-order valence-corrected chi connectivity index (χ3v) is 5.84. The van der Waals surface area contributed by atoms with Crippen LogP contribution < -0.4 is 0 Å². The molecule has 0 amide bonds. The smallest absolute Gasteiger partial charge is 0.338 e. The minimum absolute atomic E-state index is 0.379. The SMILES string of the molecule is C[C@@H]1O[C@H]2OC(c3ccccc3)O[C@H]2[C@H](OC(=O)c2ccccc2)[C@H]1OC(=O)c1ccccc1. The molecule has 34 heavy (non-hydrogen) atoms. The molecule has 2 aliphatic heterocycles. The Balaban J connectivity index is 1.42. The summed E-state index contributed by atoms with van der Waals surface area (Å²) in [4.78, 5) is 25.8. The van der Waals surface area contributed by atoms with Gasteiger partial charge in [-0.1, -0.05) is 66.7 Å². The van der Waals surface area contributed by atoms with Crippen LogP contribution in [0.5, 0.6) is 0 Å². The maximum absolute atomic E-state index is 13.0. The van der Waals surface area contributed by atoms with Gasteiger partial charge in [-0.15, -0.1) is 0 Å². The standard InChI is InChI=1S/C27H24O7/c1-17-21(31-24(28)18-11-5-2-6-12-18)22(32-25(29)19-13-7-3-8-14-19)23-27(30-17)34-26(33-23)20-15-9-4-10-16-20/h2-17,21-23,26-27H,1H3/t17-,21-,22+,23-,26?,27-/m0/s1. The van der Waals surface area contributed by atoms with Crippen LogP contribution in [0.15, 0.2) is 91.0 Å². The minimum Gasteiger partial charge on any atom is -0.452 e. The number of rotatable bonds is 5. The van der Waals surface area contributed by atoms with Crippen LogP contribution in [0.2, 0.25) is 0 Å². The van der Waals surface area contributed by atoms with E-state index in [4.69, 9.17) is 23.7 Å². The fraction of sp³-hybridized carbons (Fsp3) is 0.259. The van der Waals surface area contributed by atoms with Gasteiger partial charge in [-0.2, -0.15) is 0 Å². The van der Waals surface area contributed by atoms with Gasteiger partial charge in [-0.3, -0.25) is 0 Å². The molecular formula is C27H24O7. The van der Waals surface area contributed by atoms with Crippen LogP contribution >= 0.6 is 0 Å². The summed E-state index contributed by atoms with van der Waals surface area (Å²) >= 11 is 0. The number of hydrogen-bond acceptors (Lipinski definition) is 7. The summed E-state index contributed by atoms with van der Waals surface area (Å²) in [5.41, 5.74) is 1.57. The zero-order valence-electron chi connectivity index (χ0n) is 18.5. The van der Waals surface area contributed by atoms with E-state index in [1.54, 1.807) is 55.5 Å². The number of carbonyl (C=O) groups excluding carboxylic acids is 2. The van der Waals surface area contributed by atoms with Crippen molar-refractivity contribution in [3.8, 4) is 0 Å². The monoisotopic (exact) mass is 460 g/mol. The van der Waals surface area contributed by atoms with Gasteiger partial charge in [-0.05, 0) is 31.2 Å². The maximum atomic E-state index is 13.0. The second kappa shape index (κ2) is 9.77. The van der Waals surface area contributed by atoms with Crippen LogP contribution in [0.4, 0.5) is 0 Å². The number of ether oxygens (including phenoxy) is 5. The lowest BCUT2D eigenvalue weighted by molar-refractivity contribution is -0.241. The van der Waals surface area contributed by atoms with E-state index < -0.39 is 48.9 Å². The van der Waals surface area contributed by atoms with E-state index in [2.05, 4.69) is 0 Å². The van der Waals surface area contributed by atoms with Crippen molar-refractivity contribution in [1.29, 1.82) is 0 Å². The molecule has 7 heteroatoms. The van der Waals surface area contributed by atoms with Gasteiger partial charge in [-0.25, -0.2) is 9.59 Å². The lowest BCUT2D eigenvalue weighted by Crippen LogP contribution is -2.58. The van der Waals surface area contributed by atoms with Crippen molar-refractivity contribution < 1.29 is 33.3 Å². The molecule has 0 spiro atoms. The third kappa shape index (κ3) is 4.59. The Labute approximate surface area is 197 Å². The van der Waals surface area contributed by atoms with E-state index in [0.29, 0.717) is 11.1 Å². The molecule has 5 rings (SSSR count). The average molecular weight is 460 g/mol. The second-order valence-electron chi connectivity index (χ2n) is 8.16. The highest BCUT2D eigenvalue weighted by atomic mass is 16.8. The van der Waals surface area contributed by atoms with Crippen molar-refractivity contribution in [1.82, 2.24) is 0 Å². The van der Waals surface area contributed by atoms with Crippen LogP contribution in [0.3, 0.4) is 0 Å². The Morgan fingerprint density at radius 3 is 1.71 bits per heavy atom. The normalized spacial score (nSPS) is 28.0. The van der Waals surface area contributed by atoms with Crippen molar-refractivity contribution in [2.75, 3.05) is 0 Å². The van der Waals surface area contributed by atoms with Gasteiger partial charge in [0.15, 0.2) is 30.9 Å². The zero-order valence-corrected chi connectivity index (χ0v) is 18.5. The number of esters is 2. The molecule has 0 bridgehead atoms. The molecule has 2 aliphatic rings. The topological polar surface area (TPSA) is 80.3 Å². The van der Waals surface area contributed by atoms with E-state index in [1.165, 1.54) is 0 Å². The number of carbonyl (C=O) groups is 2. The van der Waals surface area contributed by atoms with E-state index in [1.807, 2.05) is 42.5 Å². The molecule has 1 unspecified atom stereocenters. The Morgan fingerprint density at radius 1 is 0.647 bits per heavy atom. The van der Waals surface area contributed by atoms with E-state index >= 15 is 0 Å². The van der Waals surface area contributed by atoms with Crippen molar-refractivity contribution >= 4 is 11.9 Å². The molecule has 6 atom stereocenters. The molecule has 0 radical (unpaired) electrons. The van der Waals surface area contributed by atoms with Gasteiger partial charge < -0.3 is 23.7 Å². The molecule has 0 aromatic heterocycles. The van der Waals surface area contributed by atoms with Crippen LogP contribution in [-0.4, -0.2) is 42.6 Å². The highest BCUT2D eigenvalue weighted by molar-refractivity contribution is 5.90. The molecule has 0 saturated carbocycles. The first-order valence-electron chi connectivity index (χ1n) is 11.1. The van der Waals surface area contributed by atoms with E-state index in [9.17, 15) is 9.59 Å². The predicted molar refractivity (Wildman–Crippen MR) is 121 cm³/mol. The summed E-state index contributed by atoms with van der Waals surface area (Å²) in [7, 11) is 0. The zero-order chi connectivity index (χ0) is 23.5. The molecule has 2 heterocycles. The fourth-order valence-electron chi connectivity index (χ4n) is 4.12. The molecule has 3 aromatic carbocycles. The average Bonchev–Trinajstić information content (AvgIpc) is 3.31. The summed E-state index contributed by atoms with van der Waals surface area (Å²) < 4.78 is 29.9. The van der Waals surface area contributed by atoms with Crippen LogP contribution in [0, 0.1) is 0 Å². The molecule has 2 saturated heterocycles. The molecule has 0 N–H and O–H groups in total. The first-order chi connectivity index (χ1) is 16.6. The first kappa shape index (κ1) is 22.3. The second-order valence-corrected chi connectivity index (χ2v) is 8.16. The van der Waals surface area contributed by atoms with Crippen LogP contribution in [0.1, 0.15) is 39.5 Å². The molecule has 7 nitrogen and oxygen atoms in total. The van der Waals surface area contributed by atoms with Crippen LogP contribution in [0.25, 0.3) is 0 Å². The summed E-state index contributed by atoms with van der Waals surface area (Å²) in [5.74, 6) is -1.09. The predicted octanol–water partition coefficient (Wildman–Crippen LogP) is 4.30. The van der Waals surface area contributed by atoms with Crippen molar-refractivity contribution in [3.63, 3.8) is 0 Å². The van der Waals surface area contributed by atoms with Crippen molar-refractivity contribution in [2.45, 2.75) is 43.9 Å². The number of fused-ring (bicyclic) bond motifs is 1. The lowest BCUT2D eigenvalue weighted by atomic mass is 9.99. The number of benzene rings is 3. The fourth-order valence-corrected chi connectivity index (χ4v) is 4.12. The Kier molecular flexibility index (Phi) is 6.40. The summed E-state index contributed by atoms with van der Waals surface area (Å²) in [6.07, 6.45) is -4.74. The summed E-state index contributed by atoms with van der Waals surface area (Å²) in [6, 6.07) is 26.7. The Bertz CT molecular complexity index is 1120. The van der Waals surface area contributed by atoms with Gasteiger partial charge in [0, 0.05) is 5.56 Å². The largest absolute Gasteiger partial charge is 0.452 e. The molecule has 3 aromatic rings. The summed E-state index contributed by atoms with van der Waals surface area (Å²) in [6.45, 7) is 1.75. The minimum atomic E-state index is -0.942. The van der Waals surface area contributed by atoms with Gasteiger partial charge in [0.25, 0.3) is 0 Å². The van der Waals surface area contributed by atoms with E-state index in [-0.39, 0.29) is 0 Å². The van der Waals surface area contributed by atoms with Crippen molar-refractivity contribution in [3.05, 3.63) is 108 Å². The highest BCUT2D eigenvalue weighted by Crippen LogP contribution is 2.40. The first-order valence-corrected chi connectivity index (χ1v) is 11.1. The van der Waals surface area contributed by atoms with Crippen LogP contribution in [-0.2, 0) is 23.7 Å². The molecular weight excluding hydrogens is 436 g/mol. The third-order valence-electron chi connectivity index (χ3n) is 5.84.